The van der Waals surface area contributed by atoms with Gasteiger partial charge in [-0.15, -0.1) is 21.5 Å². The number of aromatic nitrogens is 3. The molecule has 0 aliphatic heterocycles. The van der Waals surface area contributed by atoms with Crippen LogP contribution in [0.3, 0.4) is 0 Å². The number of nitrogen functional groups attached to an aromatic ring is 1. The van der Waals surface area contributed by atoms with Crippen molar-refractivity contribution in [1.82, 2.24) is 15.2 Å². The highest BCUT2D eigenvalue weighted by atomic mass is 32.1. The molecule has 2 heterocycles. The number of nitrogens with one attached hydrogen (secondary N) is 1. The number of thiazole rings is 1. The molecule has 0 atom stereocenters. The third-order valence-corrected chi connectivity index (χ3v) is 4.35. The number of carbonyl (C=O) groups excluding carboxylic acids is 1. The van der Waals surface area contributed by atoms with Gasteiger partial charge in [-0.2, -0.15) is 8.78 Å². The zero-order chi connectivity index (χ0) is 15.8. The van der Waals surface area contributed by atoms with Gasteiger partial charge in [-0.3, -0.25) is 10.1 Å². The molecule has 1 amide bonds. The van der Waals surface area contributed by atoms with E-state index in [-0.39, 0.29) is 15.7 Å². The Kier molecular flexibility index (Phi) is 3.93. The van der Waals surface area contributed by atoms with Gasteiger partial charge < -0.3 is 5.73 Å². The highest BCUT2D eigenvalue weighted by Gasteiger charge is 2.44. The Hall–Kier alpha value is -1.68. The van der Waals surface area contributed by atoms with Crippen LogP contribution < -0.4 is 11.1 Å². The van der Waals surface area contributed by atoms with Crippen molar-refractivity contribution >= 4 is 38.8 Å². The van der Waals surface area contributed by atoms with E-state index in [2.05, 4.69) is 20.5 Å². The first kappa shape index (κ1) is 15.7. The van der Waals surface area contributed by atoms with Crippen LogP contribution in [0.2, 0.25) is 0 Å². The summed E-state index contributed by atoms with van der Waals surface area (Å²) in [5, 5.41) is 11.3. The van der Waals surface area contributed by atoms with E-state index in [0.29, 0.717) is 5.01 Å². The lowest BCUT2D eigenvalue weighted by molar-refractivity contribution is -0.141. The van der Waals surface area contributed by atoms with E-state index in [1.807, 2.05) is 20.8 Å². The molecule has 2 rings (SSSR count). The van der Waals surface area contributed by atoms with E-state index >= 15 is 0 Å². The number of anilines is 2. The van der Waals surface area contributed by atoms with Gasteiger partial charge in [0.05, 0.1) is 0 Å². The Morgan fingerprint density at radius 3 is 2.48 bits per heavy atom. The van der Waals surface area contributed by atoms with Crippen LogP contribution in [0.15, 0.2) is 5.38 Å². The van der Waals surface area contributed by atoms with Gasteiger partial charge in [0.1, 0.15) is 10.7 Å². The molecular formula is C11H13F2N5OS2. The van der Waals surface area contributed by atoms with E-state index in [1.54, 1.807) is 0 Å². The standard InChI is InChI=1S/C11H13F2N5OS2/c1-10(2,3)7-17-18-9(21-7)16-6(19)11(12,13)5-4-20-8(14)15-5/h4H,1-3H3,(H2,14,15)(H,16,18,19). The summed E-state index contributed by atoms with van der Waals surface area (Å²) in [4.78, 5) is 15.1. The highest BCUT2D eigenvalue weighted by molar-refractivity contribution is 7.15. The second kappa shape index (κ2) is 5.26. The van der Waals surface area contributed by atoms with Crippen molar-refractivity contribution in [3.63, 3.8) is 0 Å². The number of hydrogen-bond donors (Lipinski definition) is 2. The van der Waals surface area contributed by atoms with Crippen LogP contribution in [0.1, 0.15) is 31.5 Å². The molecule has 3 N–H and O–H groups in total. The van der Waals surface area contributed by atoms with Crippen LogP contribution in [0, 0.1) is 0 Å². The van der Waals surface area contributed by atoms with Crippen molar-refractivity contribution in [3.05, 3.63) is 16.1 Å². The lowest BCUT2D eigenvalue weighted by Crippen LogP contribution is -2.32. The summed E-state index contributed by atoms with van der Waals surface area (Å²) >= 11 is 1.90. The van der Waals surface area contributed by atoms with E-state index in [9.17, 15) is 13.6 Å². The van der Waals surface area contributed by atoms with Crippen LogP contribution in [0.25, 0.3) is 0 Å². The van der Waals surface area contributed by atoms with Gasteiger partial charge in [0.2, 0.25) is 5.13 Å². The smallest absolute Gasteiger partial charge is 0.367 e. The second-order valence-electron chi connectivity index (χ2n) is 5.26. The average molecular weight is 333 g/mol. The molecule has 0 aromatic carbocycles. The molecule has 0 aliphatic rings. The molecule has 0 unspecified atom stereocenters. The monoisotopic (exact) mass is 333 g/mol. The van der Waals surface area contributed by atoms with E-state index in [1.165, 1.54) is 0 Å². The Bertz CT molecular complexity index is 662. The minimum absolute atomic E-state index is 0.0211. The first-order chi connectivity index (χ1) is 9.60. The van der Waals surface area contributed by atoms with Gasteiger partial charge in [0.15, 0.2) is 5.13 Å². The zero-order valence-corrected chi connectivity index (χ0v) is 13.1. The van der Waals surface area contributed by atoms with E-state index in [4.69, 9.17) is 5.73 Å². The molecule has 114 valence electrons. The third-order valence-electron chi connectivity index (χ3n) is 2.42. The molecule has 2 aromatic rings. The fraction of sp³-hybridized carbons (Fsp3) is 0.455. The topological polar surface area (TPSA) is 93.8 Å². The molecule has 0 radical (unpaired) electrons. The number of alkyl halides is 2. The van der Waals surface area contributed by atoms with Gasteiger partial charge in [0.25, 0.3) is 0 Å². The summed E-state index contributed by atoms with van der Waals surface area (Å²) in [6.45, 7) is 5.73. The molecule has 0 spiro atoms. The largest absolute Gasteiger partial charge is 0.375 e. The van der Waals surface area contributed by atoms with Gasteiger partial charge in [0, 0.05) is 10.8 Å². The fourth-order valence-electron chi connectivity index (χ4n) is 1.30. The summed E-state index contributed by atoms with van der Waals surface area (Å²) in [7, 11) is 0. The molecule has 0 fully saturated rings. The van der Waals surface area contributed by atoms with Crippen LogP contribution in [-0.4, -0.2) is 21.1 Å². The van der Waals surface area contributed by atoms with Gasteiger partial charge in [-0.25, -0.2) is 4.98 Å². The third kappa shape index (κ3) is 3.32. The van der Waals surface area contributed by atoms with Gasteiger partial charge >= 0.3 is 11.8 Å². The summed E-state index contributed by atoms with van der Waals surface area (Å²) in [6, 6.07) is 0. The first-order valence-electron chi connectivity index (χ1n) is 5.85. The second-order valence-corrected chi connectivity index (χ2v) is 7.13. The summed E-state index contributed by atoms with van der Waals surface area (Å²) < 4.78 is 27.8. The van der Waals surface area contributed by atoms with Gasteiger partial charge in [-0.1, -0.05) is 32.1 Å². The SMILES string of the molecule is CC(C)(C)c1nnc(NC(=O)C(F)(F)c2csc(N)n2)s1. The Labute approximate surface area is 127 Å². The Morgan fingerprint density at radius 1 is 1.33 bits per heavy atom. The van der Waals surface area contributed by atoms with Crippen molar-refractivity contribution in [2.24, 2.45) is 0 Å². The summed E-state index contributed by atoms with van der Waals surface area (Å²) in [5.74, 6) is -5.29. The summed E-state index contributed by atoms with van der Waals surface area (Å²) in [6.07, 6.45) is 0. The Balaban J connectivity index is 2.16. The number of nitrogens with zero attached hydrogens (tertiary/aromatic N) is 3. The molecule has 21 heavy (non-hydrogen) atoms. The quantitative estimate of drug-likeness (QED) is 0.900. The van der Waals surface area contributed by atoms with E-state index in [0.717, 1.165) is 28.1 Å². The van der Waals surface area contributed by atoms with Gasteiger partial charge in [-0.05, 0) is 0 Å². The maximum absolute atomic E-state index is 13.9. The molecule has 0 bridgehead atoms. The maximum atomic E-state index is 13.9. The van der Waals surface area contributed by atoms with Crippen molar-refractivity contribution in [2.75, 3.05) is 11.1 Å². The molecule has 0 aliphatic carbocycles. The van der Waals surface area contributed by atoms with Crippen molar-refractivity contribution < 1.29 is 13.6 Å². The lowest BCUT2D eigenvalue weighted by atomic mass is 9.98. The maximum Gasteiger partial charge on any atom is 0.367 e. The lowest BCUT2D eigenvalue weighted by Gasteiger charge is -2.13. The molecule has 0 saturated heterocycles. The number of rotatable bonds is 3. The number of hydrogen-bond acceptors (Lipinski definition) is 7. The zero-order valence-electron chi connectivity index (χ0n) is 11.5. The average Bonchev–Trinajstić information content (AvgIpc) is 2.97. The Morgan fingerprint density at radius 2 is 2.00 bits per heavy atom. The molecule has 2 aromatic heterocycles. The normalized spacial score (nSPS) is 12.4. The minimum atomic E-state index is -3.78. The molecule has 10 heteroatoms. The predicted octanol–water partition coefficient (Wildman–Crippen LogP) is 2.60. The molecular weight excluding hydrogens is 320 g/mol. The number of amides is 1. The molecule has 0 saturated carbocycles. The van der Waals surface area contributed by atoms with Crippen LogP contribution >= 0.6 is 22.7 Å². The predicted molar refractivity (Wildman–Crippen MR) is 77.7 cm³/mol. The van der Waals surface area contributed by atoms with Crippen LogP contribution in [0.4, 0.5) is 19.0 Å². The first-order valence-corrected chi connectivity index (χ1v) is 7.55. The highest BCUT2D eigenvalue weighted by Crippen LogP contribution is 2.33. The number of nitrogens with two attached hydrogens (primary N) is 1. The number of halogens is 2. The molecule has 6 nitrogen and oxygen atoms in total. The summed E-state index contributed by atoms with van der Waals surface area (Å²) in [5.41, 5.74) is 4.35. The van der Waals surface area contributed by atoms with Crippen molar-refractivity contribution in [2.45, 2.75) is 32.1 Å². The van der Waals surface area contributed by atoms with Crippen molar-refractivity contribution in [1.29, 1.82) is 0 Å². The van der Waals surface area contributed by atoms with E-state index < -0.39 is 17.5 Å². The van der Waals surface area contributed by atoms with Crippen molar-refractivity contribution in [3.8, 4) is 0 Å². The fourth-order valence-corrected chi connectivity index (χ4v) is 2.68. The van der Waals surface area contributed by atoms with Crippen LogP contribution in [-0.2, 0) is 16.1 Å². The van der Waals surface area contributed by atoms with Crippen LogP contribution in [0.5, 0.6) is 0 Å². The minimum Gasteiger partial charge on any atom is -0.375 e. The number of carbonyl (C=O) groups is 1.